The molecule has 0 bridgehead atoms. The molecule has 19 heavy (non-hydrogen) atoms. The molecule has 0 heterocycles. The van der Waals surface area contributed by atoms with Crippen molar-refractivity contribution in [2.75, 3.05) is 11.4 Å². The molecule has 0 saturated carbocycles. The first-order valence-electron chi connectivity index (χ1n) is 6.51. The second kappa shape index (κ2) is 6.92. The van der Waals surface area contributed by atoms with E-state index in [0.717, 1.165) is 5.69 Å². The van der Waals surface area contributed by atoms with E-state index in [0.29, 0.717) is 0 Å². The predicted octanol–water partition coefficient (Wildman–Crippen LogP) is 2.79. The topological polar surface area (TPSA) is 57.6 Å². The normalized spacial score (nSPS) is 12.2. The Morgan fingerprint density at radius 3 is 2.21 bits per heavy atom. The molecule has 1 amide bonds. The summed E-state index contributed by atoms with van der Waals surface area (Å²) in [7, 11) is 0. The van der Waals surface area contributed by atoms with Gasteiger partial charge in [0.1, 0.15) is 0 Å². The molecule has 1 rings (SSSR count). The van der Waals surface area contributed by atoms with Crippen LogP contribution in [0.4, 0.5) is 5.69 Å². The van der Waals surface area contributed by atoms with Crippen molar-refractivity contribution in [3.8, 4) is 0 Å². The van der Waals surface area contributed by atoms with Crippen LogP contribution in [0.2, 0.25) is 0 Å². The number of nitrogens with zero attached hydrogens (tertiary/aromatic N) is 1. The van der Waals surface area contributed by atoms with Gasteiger partial charge in [-0.1, -0.05) is 39.0 Å². The molecule has 0 aromatic heterocycles. The van der Waals surface area contributed by atoms with E-state index < -0.39 is 5.97 Å². The van der Waals surface area contributed by atoms with E-state index in [4.69, 9.17) is 5.11 Å². The average molecular weight is 263 g/mol. The molecular formula is C15H21NO3. The Balaban J connectivity index is 2.92. The molecule has 0 radical (unpaired) electrons. The van der Waals surface area contributed by atoms with E-state index in [1.54, 1.807) is 4.90 Å². The molecule has 0 aliphatic heterocycles. The fourth-order valence-electron chi connectivity index (χ4n) is 1.71. The zero-order valence-corrected chi connectivity index (χ0v) is 11.7. The lowest BCUT2D eigenvalue weighted by Crippen LogP contribution is -2.38. The largest absolute Gasteiger partial charge is 0.481 e. The van der Waals surface area contributed by atoms with Gasteiger partial charge in [0.05, 0.1) is 6.42 Å². The first kappa shape index (κ1) is 15.2. The Hall–Kier alpha value is -1.84. The summed E-state index contributed by atoms with van der Waals surface area (Å²) in [5.74, 6) is -0.828. The molecule has 4 nitrogen and oxygen atoms in total. The first-order valence-corrected chi connectivity index (χ1v) is 6.51. The molecule has 104 valence electrons. The van der Waals surface area contributed by atoms with Gasteiger partial charge in [-0.3, -0.25) is 9.59 Å². The number of hydrogen-bond acceptors (Lipinski definition) is 2. The van der Waals surface area contributed by atoms with Crippen molar-refractivity contribution in [1.29, 1.82) is 0 Å². The second-order valence-electron chi connectivity index (χ2n) is 5.00. The average Bonchev–Trinajstić information content (AvgIpc) is 2.38. The highest BCUT2D eigenvalue weighted by Crippen LogP contribution is 2.20. The lowest BCUT2D eigenvalue weighted by molar-refractivity contribution is -0.136. The molecule has 1 atom stereocenters. The van der Waals surface area contributed by atoms with E-state index in [9.17, 15) is 9.59 Å². The van der Waals surface area contributed by atoms with Gasteiger partial charge in [0.2, 0.25) is 5.91 Å². The molecular weight excluding hydrogens is 242 g/mol. The van der Waals surface area contributed by atoms with Crippen LogP contribution < -0.4 is 4.90 Å². The molecule has 1 N–H and O–H groups in total. The third kappa shape index (κ3) is 4.39. The standard InChI is InChI=1S/C15H21NO3/c1-11(2)12(3)15(19)16(10-9-14(17)18)13-7-5-4-6-8-13/h4-8,11-12H,9-10H2,1-3H3,(H,17,18). The molecule has 1 aromatic carbocycles. The number of carboxylic acid groups (broad SMARTS) is 1. The number of para-hydroxylation sites is 1. The van der Waals surface area contributed by atoms with Crippen molar-refractivity contribution >= 4 is 17.6 Å². The highest BCUT2D eigenvalue weighted by Gasteiger charge is 2.24. The number of carbonyl (C=O) groups excluding carboxylic acids is 1. The number of amides is 1. The van der Waals surface area contributed by atoms with Crippen molar-refractivity contribution in [2.45, 2.75) is 27.2 Å². The summed E-state index contributed by atoms with van der Waals surface area (Å²) in [4.78, 5) is 24.7. The lowest BCUT2D eigenvalue weighted by atomic mass is 9.96. The molecule has 0 aliphatic carbocycles. The monoisotopic (exact) mass is 263 g/mol. The zero-order valence-electron chi connectivity index (χ0n) is 11.7. The SMILES string of the molecule is CC(C)C(C)C(=O)N(CCC(=O)O)c1ccccc1. The van der Waals surface area contributed by atoms with Gasteiger partial charge in [0.25, 0.3) is 0 Å². The predicted molar refractivity (Wildman–Crippen MR) is 75.0 cm³/mol. The summed E-state index contributed by atoms with van der Waals surface area (Å²) < 4.78 is 0. The summed E-state index contributed by atoms with van der Waals surface area (Å²) in [6.07, 6.45) is -0.0501. The molecule has 4 heteroatoms. The van der Waals surface area contributed by atoms with Crippen molar-refractivity contribution in [3.05, 3.63) is 30.3 Å². The summed E-state index contributed by atoms with van der Waals surface area (Å²) in [5.41, 5.74) is 0.751. The summed E-state index contributed by atoms with van der Waals surface area (Å²) >= 11 is 0. The minimum Gasteiger partial charge on any atom is -0.481 e. The zero-order chi connectivity index (χ0) is 14.4. The van der Waals surface area contributed by atoms with Crippen molar-refractivity contribution in [3.63, 3.8) is 0 Å². The van der Waals surface area contributed by atoms with E-state index in [1.165, 1.54) is 0 Å². The summed E-state index contributed by atoms with van der Waals surface area (Å²) in [5, 5.41) is 8.80. The van der Waals surface area contributed by atoms with Gasteiger partial charge < -0.3 is 10.0 Å². The van der Waals surface area contributed by atoms with Crippen LogP contribution in [-0.2, 0) is 9.59 Å². The van der Waals surface area contributed by atoms with Gasteiger partial charge >= 0.3 is 5.97 Å². The van der Waals surface area contributed by atoms with Crippen molar-refractivity contribution < 1.29 is 14.7 Å². The molecule has 1 aromatic rings. The first-order chi connectivity index (χ1) is 8.93. The summed E-state index contributed by atoms with van der Waals surface area (Å²) in [6.45, 7) is 6.06. The van der Waals surface area contributed by atoms with Crippen LogP contribution >= 0.6 is 0 Å². The molecule has 1 unspecified atom stereocenters. The Bertz CT molecular complexity index is 428. The van der Waals surface area contributed by atoms with Crippen LogP contribution in [0.15, 0.2) is 30.3 Å². The van der Waals surface area contributed by atoms with Crippen LogP contribution in [0.1, 0.15) is 27.2 Å². The van der Waals surface area contributed by atoms with Crippen LogP contribution in [0, 0.1) is 11.8 Å². The maximum absolute atomic E-state index is 12.4. The Morgan fingerprint density at radius 1 is 1.16 bits per heavy atom. The van der Waals surface area contributed by atoms with Crippen LogP contribution in [0.3, 0.4) is 0 Å². The number of anilines is 1. The van der Waals surface area contributed by atoms with Gasteiger partial charge in [0.15, 0.2) is 0 Å². The lowest BCUT2D eigenvalue weighted by Gasteiger charge is -2.27. The molecule has 0 saturated heterocycles. The van der Waals surface area contributed by atoms with Crippen molar-refractivity contribution in [2.24, 2.45) is 11.8 Å². The molecule has 0 fully saturated rings. The van der Waals surface area contributed by atoms with Gasteiger partial charge in [-0.05, 0) is 18.1 Å². The van der Waals surface area contributed by atoms with Crippen LogP contribution in [-0.4, -0.2) is 23.5 Å². The third-order valence-corrected chi connectivity index (χ3v) is 3.27. The number of carboxylic acids is 1. The van der Waals surface area contributed by atoms with Crippen molar-refractivity contribution in [1.82, 2.24) is 0 Å². The number of benzene rings is 1. The highest BCUT2D eigenvalue weighted by atomic mass is 16.4. The number of carbonyl (C=O) groups is 2. The highest BCUT2D eigenvalue weighted by molar-refractivity contribution is 5.95. The Morgan fingerprint density at radius 2 is 1.74 bits per heavy atom. The van der Waals surface area contributed by atoms with E-state index in [2.05, 4.69) is 0 Å². The smallest absolute Gasteiger partial charge is 0.305 e. The van der Waals surface area contributed by atoms with Crippen LogP contribution in [0.25, 0.3) is 0 Å². The number of rotatable bonds is 6. The Labute approximate surface area is 114 Å². The second-order valence-corrected chi connectivity index (χ2v) is 5.00. The van der Waals surface area contributed by atoms with E-state index in [1.807, 2.05) is 51.1 Å². The van der Waals surface area contributed by atoms with E-state index >= 15 is 0 Å². The summed E-state index contributed by atoms with van der Waals surface area (Å²) in [6, 6.07) is 9.21. The minimum absolute atomic E-state index is 0.0255. The fraction of sp³-hybridized carbons (Fsp3) is 0.467. The molecule has 0 aliphatic rings. The van der Waals surface area contributed by atoms with Gasteiger partial charge in [0, 0.05) is 18.2 Å². The Kier molecular flexibility index (Phi) is 5.55. The third-order valence-electron chi connectivity index (χ3n) is 3.27. The van der Waals surface area contributed by atoms with Crippen LogP contribution in [0.5, 0.6) is 0 Å². The van der Waals surface area contributed by atoms with Gasteiger partial charge in [-0.25, -0.2) is 0 Å². The maximum atomic E-state index is 12.4. The van der Waals surface area contributed by atoms with E-state index in [-0.39, 0.29) is 30.7 Å². The van der Waals surface area contributed by atoms with Gasteiger partial charge in [-0.15, -0.1) is 0 Å². The molecule has 0 spiro atoms. The quantitative estimate of drug-likeness (QED) is 0.858. The number of aliphatic carboxylic acids is 1. The fourth-order valence-corrected chi connectivity index (χ4v) is 1.71. The number of hydrogen-bond donors (Lipinski definition) is 1. The maximum Gasteiger partial charge on any atom is 0.305 e. The minimum atomic E-state index is -0.897. The van der Waals surface area contributed by atoms with Gasteiger partial charge in [-0.2, -0.15) is 0 Å².